The summed E-state index contributed by atoms with van der Waals surface area (Å²) >= 11 is 1.52. The van der Waals surface area contributed by atoms with Crippen LogP contribution in [0.3, 0.4) is 0 Å². The monoisotopic (exact) mass is 233 g/mol. The molecule has 0 atom stereocenters. The van der Waals surface area contributed by atoms with Crippen LogP contribution in [0.15, 0.2) is 23.8 Å². The minimum atomic E-state index is -0.499. The smallest absolute Gasteiger partial charge is 0.267 e. The van der Waals surface area contributed by atoms with Crippen LogP contribution in [-0.2, 0) is 6.42 Å². The lowest BCUT2D eigenvalue weighted by atomic mass is 10.1. The maximum absolute atomic E-state index is 11.1. The predicted molar refractivity (Wildman–Crippen MR) is 63.2 cm³/mol. The summed E-state index contributed by atoms with van der Waals surface area (Å²) in [6.45, 7) is 1.99. The van der Waals surface area contributed by atoms with Crippen molar-refractivity contribution in [3.63, 3.8) is 0 Å². The number of hydrogen-bond acceptors (Lipinski definition) is 4. The first-order valence-corrected chi connectivity index (χ1v) is 5.78. The highest BCUT2D eigenvalue weighted by molar-refractivity contribution is 7.13. The molecule has 0 unspecified atom stereocenters. The van der Waals surface area contributed by atoms with Crippen molar-refractivity contribution in [2.24, 2.45) is 5.73 Å². The Hall–Kier alpha value is -1.75. The Bertz CT molecular complexity index is 508. The number of aryl methyl sites for hydroxylation is 1. The second-order valence-electron chi connectivity index (χ2n) is 3.32. The largest absolute Gasteiger partial charge is 0.364 e. The Morgan fingerprint density at radius 2 is 2.31 bits per heavy atom. The lowest BCUT2D eigenvalue weighted by Gasteiger charge is -2.03. The van der Waals surface area contributed by atoms with E-state index in [1.807, 2.05) is 13.0 Å². The molecular formula is C11H11N3OS. The van der Waals surface area contributed by atoms with Crippen LogP contribution in [0.5, 0.6) is 0 Å². The van der Waals surface area contributed by atoms with Gasteiger partial charge in [-0.25, -0.2) is 4.98 Å². The number of carbonyl (C=O) groups is 1. The van der Waals surface area contributed by atoms with Crippen molar-refractivity contribution in [1.29, 1.82) is 0 Å². The molecule has 5 heteroatoms. The number of nitrogens with zero attached hydrogens (tertiary/aromatic N) is 2. The van der Waals surface area contributed by atoms with Crippen LogP contribution in [0.4, 0.5) is 0 Å². The summed E-state index contributed by atoms with van der Waals surface area (Å²) in [5, 5.41) is 0. The number of primary amides is 1. The lowest BCUT2D eigenvalue weighted by molar-refractivity contribution is 0.0995. The molecule has 0 radical (unpaired) electrons. The minimum Gasteiger partial charge on any atom is -0.364 e. The van der Waals surface area contributed by atoms with Crippen molar-refractivity contribution in [2.75, 3.05) is 0 Å². The maximum Gasteiger partial charge on any atom is 0.267 e. The number of carbonyl (C=O) groups excluding carboxylic acids is 1. The Kier molecular flexibility index (Phi) is 2.96. The molecule has 0 aliphatic rings. The summed E-state index contributed by atoms with van der Waals surface area (Å²) in [6.07, 6.45) is 2.54. The van der Waals surface area contributed by atoms with Crippen LogP contribution < -0.4 is 5.73 Å². The van der Waals surface area contributed by atoms with Crippen molar-refractivity contribution < 1.29 is 4.79 Å². The molecule has 16 heavy (non-hydrogen) atoms. The number of thiazole rings is 1. The third-order valence-electron chi connectivity index (χ3n) is 2.21. The number of hydrogen-bond donors (Lipinski definition) is 1. The molecule has 2 rings (SSSR count). The van der Waals surface area contributed by atoms with Crippen molar-refractivity contribution >= 4 is 17.2 Å². The Labute approximate surface area is 97.2 Å². The maximum atomic E-state index is 11.1. The predicted octanol–water partition coefficient (Wildman–Crippen LogP) is 1.87. The molecular weight excluding hydrogens is 222 g/mol. The molecule has 2 aromatic heterocycles. The second kappa shape index (κ2) is 4.40. The fraction of sp³-hybridized carbons (Fsp3) is 0.182. The lowest BCUT2D eigenvalue weighted by Crippen LogP contribution is -2.14. The Morgan fingerprint density at radius 1 is 1.50 bits per heavy atom. The molecule has 0 saturated heterocycles. The SMILES string of the molecule is CCc1cc(-c2cncs2)cc(C(N)=O)n1. The first-order chi connectivity index (χ1) is 7.70. The van der Waals surface area contributed by atoms with Crippen LogP contribution in [0.1, 0.15) is 23.1 Å². The summed E-state index contributed by atoms with van der Waals surface area (Å²) in [4.78, 5) is 20.3. The quantitative estimate of drug-likeness (QED) is 0.879. The zero-order valence-electron chi connectivity index (χ0n) is 8.80. The van der Waals surface area contributed by atoms with Crippen LogP contribution in [0, 0.1) is 0 Å². The number of pyridine rings is 1. The van der Waals surface area contributed by atoms with Gasteiger partial charge in [-0.15, -0.1) is 11.3 Å². The average Bonchev–Trinajstić information content (AvgIpc) is 2.81. The van der Waals surface area contributed by atoms with E-state index in [2.05, 4.69) is 9.97 Å². The molecule has 2 heterocycles. The minimum absolute atomic E-state index is 0.308. The van der Waals surface area contributed by atoms with E-state index < -0.39 is 5.91 Å². The fourth-order valence-electron chi connectivity index (χ4n) is 1.40. The highest BCUT2D eigenvalue weighted by Gasteiger charge is 2.08. The van der Waals surface area contributed by atoms with Crippen molar-refractivity contribution in [3.05, 3.63) is 35.2 Å². The van der Waals surface area contributed by atoms with E-state index in [4.69, 9.17) is 5.73 Å². The van der Waals surface area contributed by atoms with E-state index in [1.165, 1.54) is 11.3 Å². The standard InChI is InChI=1S/C11H11N3OS/c1-2-8-3-7(10-5-13-6-16-10)4-9(14-8)11(12)15/h3-6H,2H2,1H3,(H2,12,15). The molecule has 0 fully saturated rings. The molecule has 0 aliphatic heterocycles. The van der Waals surface area contributed by atoms with Gasteiger partial charge in [0.25, 0.3) is 5.91 Å². The summed E-state index contributed by atoms with van der Waals surface area (Å²) in [5.41, 5.74) is 9.12. The van der Waals surface area contributed by atoms with Gasteiger partial charge in [0.2, 0.25) is 0 Å². The zero-order chi connectivity index (χ0) is 11.5. The number of rotatable bonds is 3. The first-order valence-electron chi connectivity index (χ1n) is 4.90. The summed E-state index contributed by atoms with van der Waals surface area (Å²) in [5.74, 6) is -0.499. The normalized spacial score (nSPS) is 10.3. The molecule has 0 aromatic carbocycles. The molecule has 0 bridgehead atoms. The molecule has 2 aromatic rings. The van der Waals surface area contributed by atoms with Crippen LogP contribution in [0.25, 0.3) is 10.4 Å². The summed E-state index contributed by atoms with van der Waals surface area (Å²) < 4.78 is 0. The van der Waals surface area contributed by atoms with Gasteiger partial charge in [0.1, 0.15) is 5.69 Å². The van der Waals surface area contributed by atoms with E-state index in [-0.39, 0.29) is 0 Å². The van der Waals surface area contributed by atoms with Gasteiger partial charge in [0.05, 0.1) is 10.4 Å². The van der Waals surface area contributed by atoms with E-state index in [0.29, 0.717) is 5.69 Å². The van der Waals surface area contributed by atoms with Gasteiger partial charge >= 0.3 is 0 Å². The summed E-state index contributed by atoms with van der Waals surface area (Å²) in [6, 6.07) is 3.66. The van der Waals surface area contributed by atoms with Gasteiger partial charge in [-0.1, -0.05) is 6.92 Å². The number of amides is 1. The first kappa shape index (κ1) is 10.8. The molecule has 1 amide bonds. The molecule has 0 spiro atoms. The van der Waals surface area contributed by atoms with Crippen LogP contribution in [-0.4, -0.2) is 15.9 Å². The van der Waals surface area contributed by atoms with Crippen molar-refractivity contribution in [1.82, 2.24) is 9.97 Å². The van der Waals surface area contributed by atoms with Crippen molar-refractivity contribution in [3.8, 4) is 10.4 Å². The van der Waals surface area contributed by atoms with E-state index >= 15 is 0 Å². The van der Waals surface area contributed by atoms with Crippen molar-refractivity contribution in [2.45, 2.75) is 13.3 Å². The van der Waals surface area contributed by atoms with Crippen LogP contribution >= 0.6 is 11.3 Å². The number of nitrogens with two attached hydrogens (primary N) is 1. The Balaban J connectivity index is 2.53. The van der Waals surface area contributed by atoms with Gasteiger partial charge in [-0.2, -0.15) is 0 Å². The average molecular weight is 233 g/mol. The third kappa shape index (κ3) is 2.09. The summed E-state index contributed by atoms with van der Waals surface area (Å²) in [7, 11) is 0. The second-order valence-corrected chi connectivity index (χ2v) is 4.20. The van der Waals surface area contributed by atoms with Gasteiger partial charge < -0.3 is 5.73 Å². The highest BCUT2D eigenvalue weighted by atomic mass is 32.1. The third-order valence-corrected chi connectivity index (χ3v) is 3.03. The van der Waals surface area contributed by atoms with E-state index in [1.54, 1.807) is 17.8 Å². The fourth-order valence-corrected chi connectivity index (χ4v) is 2.01. The van der Waals surface area contributed by atoms with Gasteiger partial charge in [-0.05, 0) is 24.1 Å². The van der Waals surface area contributed by atoms with E-state index in [9.17, 15) is 4.79 Å². The highest BCUT2D eigenvalue weighted by Crippen LogP contribution is 2.24. The molecule has 82 valence electrons. The van der Waals surface area contributed by atoms with Gasteiger partial charge in [-0.3, -0.25) is 9.78 Å². The van der Waals surface area contributed by atoms with Crippen LogP contribution in [0.2, 0.25) is 0 Å². The van der Waals surface area contributed by atoms with E-state index in [0.717, 1.165) is 22.6 Å². The topological polar surface area (TPSA) is 68.9 Å². The zero-order valence-corrected chi connectivity index (χ0v) is 9.62. The molecule has 0 aliphatic carbocycles. The molecule has 4 nitrogen and oxygen atoms in total. The Morgan fingerprint density at radius 3 is 2.88 bits per heavy atom. The van der Waals surface area contributed by atoms with Gasteiger partial charge in [0.15, 0.2) is 0 Å². The van der Waals surface area contributed by atoms with Gasteiger partial charge in [0, 0.05) is 11.9 Å². The molecule has 0 saturated carbocycles. The molecule has 2 N–H and O–H groups in total. The number of aromatic nitrogens is 2.